The highest BCUT2D eigenvalue weighted by Crippen LogP contribution is 2.24. The molecular formula is C28H31N3O3. The lowest BCUT2D eigenvalue weighted by molar-refractivity contribution is -0.164. The standard InChI is InChI=1S/C28H31N3O3/c1-19-7-11-21(12-8-19)15-26(28(33)34-27(32)23-17-29-18-23)31-25-6-4-3-5-24(25)30-16-22-13-9-20(2)10-14-22/h3-14,23,26,29-31H,15-18H2,1-2H3/t26-/m0/s1. The maximum atomic E-state index is 13.0. The lowest BCUT2D eigenvalue weighted by Gasteiger charge is -2.26. The molecule has 0 saturated carbocycles. The highest BCUT2D eigenvalue weighted by atomic mass is 16.6. The van der Waals surface area contributed by atoms with Gasteiger partial charge in [-0.3, -0.25) is 4.79 Å². The molecule has 3 N–H and O–H groups in total. The molecule has 0 bridgehead atoms. The van der Waals surface area contributed by atoms with Gasteiger partial charge in [0.2, 0.25) is 0 Å². The minimum absolute atomic E-state index is 0.257. The monoisotopic (exact) mass is 457 g/mol. The maximum absolute atomic E-state index is 13.0. The number of para-hydroxylation sites is 2. The predicted octanol–water partition coefficient (Wildman–Crippen LogP) is 4.23. The molecule has 1 atom stereocenters. The fraction of sp³-hybridized carbons (Fsp3) is 0.286. The van der Waals surface area contributed by atoms with Crippen molar-refractivity contribution in [2.75, 3.05) is 23.7 Å². The number of carbonyl (C=O) groups is 2. The van der Waals surface area contributed by atoms with Crippen molar-refractivity contribution in [3.05, 3.63) is 95.1 Å². The Morgan fingerprint density at radius 3 is 2.06 bits per heavy atom. The average molecular weight is 458 g/mol. The highest BCUT2D eigenvalue weighted by molar-refractivity contribution is 5.92. The van der Waals surface area contributed by atoms with Crippen LogP contribution in [0.1, 0.15) is 22.3 Å². The van der Waals surface area contributed by atoms with Gasteiger partial charge >= 0.3 is 11.9 Å². The molecule has 3 aromatic carbocycles. The molecular weight excluding hydrogens is 426 g/mol. The van der Waals surface area contributed by atoms with Gasteiger partial charge in [-0.1, -0.05) is 71.8 Å². The van der Waals surface area contributed by atoms with Crippen LogP contribution in [0.25, 0.3) is 0 Å². The summed E-state index contributed by atoms with van der Waals surface area (Å²) in [5, 5.41) is 9.81. The van der Waals surface area contributed by atoms with Crippen LogP contribution in [-0.4, -0.2) is 31.1 Å². The van der Waals surface area contributed by atoms with Crippen molar-refractivity contribution in [2.24, 2.45) is 5.92 Å². The number of nitrogens with one attached hydrogen (secondary N) is 3. The van der Waals surface area contributed by atoms with E-state index in [0.717, 1.165) is 28.1 Å². The Hall–Kier alpha value is -3.64. The minimum atomic E-state index is -0.706. The molecule has 1 saturated heterocycles. The number of ether oxygens (including phenoxy) is 1. The third-order valence-corrected chi connectivity index (χ3v) is 6.02. The number of rotatable bonds is 9. The second-order valence-corrected chi connectivity index (χ2v) is 8.87. The van der Waals surface area contributed by atoms with Gasteiger partial charge in [0.05, 0.1) is 17.3 Å². The average Bonchev–Trinajstić information content (AvgIpc) is 2.79. The van der Waals surface area contributed by atoms with E-state index in [1.807, 2.05) is 55.5 Å². The first-order valence-electron chi connectivity index (χ1n) is 11.6. The second kappa shape index (κ2) is 11.0. The summed E-state index contributed by atoms with van der Waals surface area (Å²) in [6, 6.07) is 23.4. The normalized spacial score (nSPS) is 14.1. The van der Waals surface area contributed by atoms with Gasteiger partial charge in [0.25, 0.3) is 0 Å². The Morgan fingerprint density at radius 1 is 0.882 bits per heavy atom. The first-order valence-corrected chi connectivity index (χ1v) is 11.6. The quantitative estimate of drug-likeness (QED) is 0.330. The first kappa shape index (κ1) is 23.5. The van der Waals surface area contributed by atoms with Crippen LogP contribution in [0.2, 0.25) is 0 Å². The smallest absolute Gasteiger partial charge is 0.336 e. The molecule has 4 rings (SSSR count). The Labute approximate surface area is 200 Å². The zero-order valence-corrected chi connectivity index (χ0v) is 19.6. The first-order chi connectivity index (χ1) is 16.5. The molecule has 6 nitrogen and oxygen atoms in total. The number of benzene rings is 3. The number of hydrogen-bond acceptors (Lipinski definition) is 6. The molecule has 1 fully saturated rings. The van der Waals surface area contributed by atoms with E-state index in [4.69, 9.17) is 4.74 Å². The lowest BCUT2D eigenvalue weighted by Crippen LogP contribution is -2.48. The molecule has 3 aromatic rings. The Bertz CT molecular complexity index is 1120. The van der Waals surface area contributed by atoms with Crippen LogP contribution in [0.15, 0.2) is 72.8 Å². The SMILES string of the molecule is Cc1ccc(CNc2ccccc2N[C@@H](Cc2ccc(C)cc2)C(=O)OC(=O)C2CNC2)cc1. The van der Waals surface area contributed by atoms with Crippen LogP contribution < -0.4 is 16.0 Å². The van der Waals surface area contributed by atoms with E-state index < -0.39 is 18.0 Å². The molecule has 1 heterocycles. The van der Waals surface area contributed by atoms with E-state index in [9.17, 15) is 9.59 Å². The van der Waals surface area contributed by atoms with Crippen molar-refractivity contribution >= 4 is 23.3 Å². The molecule has 0 amide bonds. The van der Waals surface area contributed by atoms with Gasteiger partial charge in [0.1, 0.15) is 6.04 Å². The molecule has 34 heavy (non-hydrogen) atoms. The fourth-order valence-corrected chi connectivity index (χ4v) is 3.72. The summed E-state index contributed by atoms with van der Waals surface area (Å²) in [5.74, 6) is -1.29. The van der Waals surface area contributed by atoms with Crippen LogP contribution in [-0.2, 0) is 27.3 Å². The molecule has 1 aliphatic heterocycles. The van der Waals surface area contributed by atoms with Crippen LogP contribution in [0, 0.1) is 19.8 Å². The van der Waals surface area contributed by atoms with Gasteiger partial charge in [-0.2, -0.15) is 0 Å². The lowest BCUT2D eigenvalue weighted by atomic mass is 10.0. The Balaban J connectivity index is 1.50. The van der Waals surface area contributed by atoms with Crippen LogP contribution in [0.3, 0.4) is 0 Å². The molecule has 0 aromatic heterocycles. The minimum Gasteiger partial charge on any atom is -0.391 e. The number of hydrogen-bond donors (Lipinski definition) is 3. The third kappa shape index (κ3) is 6.23. The molecule has 0 spiro atoms. The van der Waals surface area contributed by atoms with Crippen molar-refractivity contribution < 1.29 is 14.3 Å². The van der Waals surface area contributed by atoms with Crippen molar-refractivity contribution in [1.82, 2.24) is 5.32 Å². The van der Waals surface area contributed by atoms with E-state index in [-0.39, 0.29) is 5.92 Å². The maximum Gasteiger partial charge on any atom is 0.336 e. The van der Waals surface area contributed by atoms with Crippen molar-refractivity contribution in [3.8, 4) is 0 Å². The fourth-order valence-electron chi connectivity index (χ4n) is 3.72. The zero-order chi connectivity index (χ0) is 23.9. The van der Waals surface area contributed by atoms with Crippen molar-refractivity contribution in [3.63, 3.8) is 0 Å². The van der Waals surface area contributed by atoms with Gasteiger partial charge < -0.3 is 20.7 Å². The number of carbonyl (C=O) groups excluding carboxylic acids is 2. The van der Waals surface area contributed by atoms with Crippen LogP contribution in [0.4, 0.5) is 11.4 Å². The van der Waals surface area contributed by atoms with Gasteiger partial charge in [-0.15, -0.1) is 0 Å². The topological polar surface area (TPSA) is 79.5 Å². The summed E-state index contributed by atoms with van der Waals surface area (Å²) in [6.45, 7) is 5.84. The molecule has 1 aliphatic rings. The predicted molar refractivity (Wildman–Crippen MR) is 135 cm³/mol. The zero-order valence-electron chi connectivity index (χ0n) is 19.6. The van der Waals surface area contributed by atoms with Crippen LogP contribution in [0.5, 0.6) is 0 Å². The van der Waals surface area contributed by atoms with E-state index in [1.54, 1.807) is 0 Å². The van der Waals surface area contributed by atoms with Gasteiger partial charge in [0.15, 0.2) is 0 Å². The van der Waals surface area contributed by atoms with Gasteiger partial charge in [0, 0.05) is 26.1 Å². The number of aryl methyl sites for hydroxylation is 2. The summed E-state index contributed by atoms with van der Waals surface area (Å²) < 4.78 is 5.26. The van der Waals surface area contributed by atoms with E-state index in [0.29, 0.717) is 26.1 Å². The molecule has 0 radical (unpaired) electrons. The molecule has 176 valence electrons. The molecule has 6 heteroatoms. The summed E-state index contributed by atoms with van der Waals surface area (Å²) in [4.78, 5) is 25.4. The Morgan fingerprint density at radius 2 is 1.47 bits per heavy atom. The number of anilines is 2. The number of esters is 2. The molecule has 0 aliphatic carbocycles. The molecule has 0 unspecified atom stereocenters. The third-order valence-electron chi connectivity index (χ3n) is 6.02. The van der Waals surface area contributed by atoms with E-state index in [1.165, 1.54) is 5.56 Å². The largest absolute Gasteiger partial charge is 0.391 e. The van der Waals surface area contributed by atoms with Crippen LogP contribution >= 0.6 is 0 Å². The Kier molecular flexibility index (Phi) is 7.60. The highest BCUT2D eigenvalue weighted by Gasteiger charge is 2.31. The second-order valence-electron chi connectivity index (χ2n) is 8.87. The van der Waals surface area contributed by atoms with Gasteiger partial charge in [-0.25, -0.2) is 4.79 Å². The summed E-state index contributed by atoms with van der Waals surface area (Å²) in [7, 11) is 0. The van der Waals surface area contributed by atoms with E-state index in [2.05, 4.69) is 47.1 Å². The van der Waals surface area contributed by atoms with Gasteiger partial charge in [-0.05, 0) is 37.1 Å². The van der Waals surface area contributed by atoms with Crippen molar-refractivity contribution in [2.45, 2.75) is 32.9 Å². The summed E-state index contributed by atoms with van der Waals surface area (Å²) in [5.41, 5.74) is 6.17. The summed E-state index contributed by atoms with van der Waals surface area (Å²) in [6.07, 6.45) is 0.404. The summed E-state index contributed by atoms with van der Waals surface area (Å²) >= 11 is 0. The van der Waals surface area contributed by atoms with E-state index >= 15 is 0 Å². The van der Waals surface area contributed by atoms with Crippen molar-refractivity contribution in [1.29, 1.82) is 0 Å².